The summed E-state index contributed by atoms with van der Waals surface area (Å²) in [7, 11) is 0. The summed E-state index contributed by atoms with van der Waals surface area (Å²) in [5.74, 6) is 1.00. The summed E-state index contributed by atoms with van der Waals surface area (Å²) in [6, 6.07) is 21.0. The van der Waals surface area contributed by atoms with Gasteiger partial charge in [-0.05, 0) is 74.1 Å². The fourth-order valence-corrected chi connectivity index (χ4v) is 7.15. The summed E-state index contributed by atoms with van der Waals surface area (Å²) < 4.78 is 7.85. The standard InChI is InChI=1S/C34H37NO3/c1-4-35-31-15-13-25(33(37)28-12-8-5-9-22(28)2)17-29(31)30-18-26(14-16-32(30)35)34(19-24-10-6-7-11-24)20-27(34)21-38-23(3)36/h5,8-9,12-18,24,27H,4,6-7,10-11,19-21H2,1-3H3. The van der Waals surface area contributed by atoms with Crippen LogP contribution in [0.15, 0.2) is 60.7 Å². The van der Waals surface area contributed by atoms with Gasteiger partial charge in [-0.25, -0.2) is 0 Å². The average Bonchev–Trinajstić information content (AvgIpc) is 3.22. The van der Waals surface area contributed by atoms with Crippen molar-refractivity contribution >= 4 is 33.6 Å². The second-order valence-corrected chi connectivity index (χ2v) is 11.6. The zero-order valence-corrected chi connectivity index (χ0v) is 22.8. The fourth-order valence-electron chi connectivity index (χ4n) is 7.15. The van der Waals surface area contributed by atoms with Gasteiger partial charge in [-0.1, -0.05) is 56.0 Å². The maximum atomic E-state index is 13.5. The number of carbonyl (C=O) groups excluding carboxylic acids is 2. The van der Waals surface area contributed by atoms with Crippen molar-refractivity contribution in [1.29, 1.82) is 0 Å². The molecular formula is C34H37NO3. The minimum Gasteiger partial charge on any atom is -0.466 e. The van der Waals surface area contributed by atoms with E-state index in [1.165, 1.54) is 55.5 Å². The number of aryl methyl sites for hydroxylation is 2. The molecule has 2 saturated carbocycles. The van der Waals surface area contributed by atoms with Crippen molar-refractivity contribution in [2.75, 3.05) is 6.61 Å². The maximum Gasteiger partial charge on any atom is 0.302 e. The van der Waals surface area contributed by atoms with Crippen molar-refractivity contribution in [3.63, 3.8) is 0 Å². The first kappa shape index (κ1) is 24.9. The van der Waals surface area contributed by atoms with Crippen LogP contribution in [-0.2, 0) is 21.5 Å². The molecule has 6 rings (SSSR count). The second kappa shape index (κ2) is 9.72. The Morgan fingerprint density at radius 1 is 0.974 bits per heavy atom. The third kappa shape index (κ3) is 4.24. The van der Waals surface area contributed by atoms with E-state index >= 15 is 0 Å². The van der Waals surface area contributed by atoms with Crippen molar-refractivity contribution in [3.05, 3.63) is 82.9 Å². The predicted molar refractivity (Wildman–Crippen MR) is 153 cm³/mol. The summed E-state index contributed by atoms with van der Waals surface area (Å²) in [6.07, 6.45) is 7.53. The van der Waals surface area contributed by atoms with Crippen molar-refractivity contribution in [2.45, 2.75) is 71.3 Å². The van der Waals surface area contributed by atoms with Crippen molar-refractivity contribution in [3.8, 4) is 0 Å². The number of carbonyl (C=O) groups is 2. The summed E-state index contributed by atoms with van der Waals surface area (Å²) in [5.41, 5.74) is 6.30. The number of aromatic nitrogens is 1. The molecule has 0 radical (unpaired) electrons. The summed E-state index contributed by atoms with van der Waals surface area (Å²) in [6.45, 7) is 7.05. The molecule has 38 heavy (non-hydrogen) atoms. The summed E-state index contributed by atoms with van der Waals surface area (Å²) in [4.78, 5) is 25.1. The molecule has 0 N–H and O–H groups in total. The monoisotopic (exact) mass is 507 g/mol. The molecule has 1 aromatic heterocycles. The Morgan fingerprint density at radius 3 is 2.39 bits per heavy atom. The zero-order chi connectivity index (χ0) is 26.4. The Morgan fingerprint density at radius 2 is 1.68 bits per heavy atom. The van der Waals surface area contributed by atoms with Crippen molar-refractivity contribution in [2.24, 2.45) is 11.8 Å². The summed E-state index contributed by atoms with van der Waals surface area (Å²) in [5, 5.41) is 2.35. The molecule has 2 fully saturated rings. The van der Waals surface area contributed by atoms with Crippen LogP contribution in [0.25, 0.3) is 21.8 Å². The first-order valence-electron chi connectivity index (χ1n) is 14.2. The van der Waals surface area contributed by atoms with Crippen molar-refractivity contribution < 1.29 is 14.3 Å². The van der Waals surface area contributed by atoms with E-state index in [9.17, 15) is 9.59 Å². The van der Waals surface area contributed by atoms with Crippen LogP contribution in [0.3, 0.4) is 0 Å². The highest BCUT2D eigenvalue weighted by Gasteiger charge is 2.56. The van der Waals surface area contributed by atoms with E-state index in [2.05, 4.69) is 41.8 Å². The fraction of sp³-hybridized carbons (Fsp3) is 0.412. The lowest BCUT2D eigenvalue weighted by Gasteiger charge is -2.22. The molecular weight excluding hydrogens is 470 g/mol. The third-order valence-corrected chi connectivity index (χ3v) is 9.26. The third-order valence-electron chi connectivity index (χ3n) is 9.26. The van der Waals surface area contributed by atoms with Crippen molar-refractivity contribution in [1.82, 2.24) is 4.57 Å². The van der Waals surface area contributed by atoms with Crippen LogP contribution in [0.4, 0.5) is 0 Å². The number of hydrogen-bond donors (Lipinski definition) is 0. The highest BCUT2D eigenvalue weighted by atomic mass is 16.5. The zero-order valence-electron chi connectivity index (χ0n) is 22.8. The van der Waals surface area contributed by atoms with Crippen LogP contribution in [0, 0.1) is 18.8 Å². The van der Waals surface area contributed by atoms with Gasteiger partial charge in [0.2, 0.25) is 0 Å². The Kier molecular flexibility index (Phi) is 6.37. The van der Waals surface area contributed by atoms with E-state index < -0.39 is 0 Å². The van der Waals surface area contributed by atoms with Gasteiger partial charge >= 0.3 is 5.97 Å². The molecule has 0 aliphatic heterocycles. The smallest absolute Gasteiger partial charge is 0.302 e. The minimum absolute atomic E-state index is 0.0693. The molecule has 0 bridgehead atoms. The predicted octanol–water partition coefficient (Wildman–Crippen LogP) is 7.75. The summed E-state index contributed by atoms with van der Waals surface area (Å²) >= 11 is 0. The molecule has 4 nitrogen and oxygen atoms in total. The van der Waals surface area contributed by atoms with Crippen LogP contribution in [0.5, 0.6) is 0 Å². The van der Waals surface area contributed by atoms with Gasteiger partial charge in [0.15, 0.2) is 5.78 Å². The van der Waals surface area contributed by atoms with Crippen LogP contribution in [-0.4, -0.2) is 22.9 Å². The lowest BCUT2D eigenvalue weighted by atomic mass is 9.82. The molecule has 3 aromatic carbocycles. The molecule has 0 spiro atoms. The van der Waals surface area contributed by atoms with Crippen LogP contribution in [0.1, 0.15) is 79.4 Å². The average molecular weight is 508 g/mol. The molecule has 196 valence electrons. The number of rotatable bonds is 8. The number of ether oxygens (including phenoxy) is 1. The van der Waals surface area contributed by atoms with Gasteiger partial charge in [0, 0.05) is 57.7 Å². The van der Waals surface area contributed by atoms with E-state index in [0.717, 1.165) is 46.5 Å². The number of nitrogens with zero attached hydrogens (tertiary/aromatic N) is 1. The van der Waals surface area contributed by atoms with Gasteiger partial charge in [-0.15, -0.1) is 0 Å². The van der Waals surface area contributed by atoms with Gasteiger partial charge in [-0.3, -0.25) is 9.59 Å². The largest absolute Gasteiger partial charge is 0.466 e. The highest BCUT2D eigenvalue weighted by molar-refractivity contribution is 6.15. The van der Waals surface area contributed by atoms with E-state index in [1.54, 1.807) is 0 Å². The number of fused-ring (bicyclic) bond motifs is 3. The Bertz CT molecular complexity index is 1540. The van der Waals surface area contributed by atoms with Gasteiger partial charge in [-0.2, -0.15) is 0 Å². The van der Waals surface area contributed by atoms with Crippen LogP contribution >= 0.6 is 0 Å². The normalized spacial score (nSPS) is 21.3. The van der Waals surface area contributed by atoms with Crippen LogP contribution < -0.4 is 0 Å². The maximum absolute atomic E-state index is 13.5. The molecule has 4 heteroatoms. The molecule has 1 heterocycles. The molecule has 2 aliphatic carbocycles. The lowest BCUT2D eigenvalue weighted by molar-refractivity contribution is -0.141. The topological polar surface area (TPSA) is 48.3 Å². The van der Waals surface area contributed by atoms with Gasteiger partial charge in [0.25, 0.3) is 0 Å². The van der Waals surface area contributed by atoms with E-state index in [-0.39, 0.29) is 17.2 Å². The molecule has 2 unspecified atom stereocenters. The molecule has 2 atom stereocenters. The molecule has 4 aromatic rings. The van der Waals surface area contributed by atoms with Gasteiger partial charge < -0.3 is 9.30 Å². The van der Waals surface area contributed by atoms with Gasteiger partial charge in [0.1, 0.15) is 0 Å². The molecule has 0 amide bonds. The molecule has 0 saturated heterocycles. The van der Waals surface area contributed by atoms with E-state index in [4.69, 9.17) is 4.74 Å². The Labute approximate surface area is 225 Å². The number of esters is 1. The number of hydrogen-bond acceptors (Lipinski definition) is 3. The lowest BCUT2D eigenvalue weighted by Crippen LogP contribution is -2.18. The first-order chi connectivity index (χ1) is 18.4. The molecule has 2 aliphatic rings. The SMILES string of the molecule is CCn1c2ccc(C(=O)c3ccccc3C)cc2c2cc(C3(CC4CCCC4)CC3COC(C)=O)ccc21. The highest BCUT2D eigenvalue weighted by Crippen LogP contribution is 2.60. The quantitative estimate of drug-likeness (QED) is 0.181. The number of benzene rings is 3. The van der Waals surface area contributed by atoms with Crippen LogP contribution in [0.2, 0.25) is 0 Å². The van der Waals surface area contributed by atoms with E-state index in [1.807, 2.05) is 37.3 Å². The Hall–Kier alpha value is -3.40. The Balaban J connectivity index is 1.44. The number of ketones is 1. The van der Waals surface area contributed by atoms with Gasteiger partial charge in [0.05, 0.1) is 6.61 Å². The van der Waals surface area contributed by atoms with E-state index in [0.29, 0.717) is 12.5 Å². The second-order valence-electron chi connectivity index (χ2n) is 11.6. The minimum atomic E-state index is -0.195. The first-order valence-corrected chi connectivity index (χ1v) is 14.2.